The molecule has 2 amide bonds. The van der Waals surface area contributed by atoms with Gasteiger partial charge in [-0.2, -0.15) is 17.6 Å². The van der Waals surface area contributed by atoms with E-state index in [1.54, 1.807) is 0 Å². The number of alkyl halides is 4. The molecule has 0 unspecified atom stereocenters. The number of hydrogen-bond acceptors (Lipinski definition) is 8. The lowest BCUT2D eigenvalue weighted by Crippen LogP contribution is -2.47. The second-order valence-corrected chi connectivity index (χ2v) is 10.5. The van der Waals surface area contributed by atoms with Crippen molar-refractivity contribution in [2.75, 3.05) is 24.7 Å². The second kappa shape index (κ2) is 12.5. The van der Waals surface area contributed by atoms with Gasteiger partial charge in [0.15, 0.2) is 0 Å². The molecule has 0 radical (unpaired) electrons. The zero-order chi connectivity index (χ0) is 33.2. The molecule has 0 fully saturated rings. The van der Waals surface area contributed by atoms with Gasteiger partial charge in [-0.1, -0.05) is 30.3 Å². The van der Waals surface area contributed by atoms with Crippen molar-refractivity contribution in [2.24, 2.45) is 11.5 Å². The maximum absolute atomic E-state index is 15.5. The summed E-state index contributed by atoms with van der Waals surface area (Å²) in [7, 11) is 0. The molecule has 16 heteroatoms. The number of ether oxygens (including phenoxy) is 2. The number of amides is 2. The number of fused-ring (bicyclic) bond motifs is 2. The number of halogens is 4. The van der Waals surface area contributed by atoms with Gasteiger partial charge in [-0.15, -0.1) is 0 Å². The van der Waals surface area contributed by atoms with Gasteiger partial charge in [0.1, 0.15) is 11.3 Å². The molecule has 242 valence electrons. The van der Waals surface area contributed by atoms with E-state index >= 15 is 17.6 Å². The molecule has 0 aliphatic rings. The molecule has 2 aromatic heterocycles. The maximum atomic E-state index is 15.5. The van der Waals surface area contributed by atoms with Gasteiger partial charge in [0.05, 0.1) is 49.5 Å². The van der Waals surface area contributed by atoms with Gasteiger partial charge in [-0.25, -0.2) is 9.97 Å². The second-order valence-electron chi connectivity index (χ2n) is 10.5. The number of anilines is 2. The Hall–Kier alpha value is -5.38. The van der Waals surface area contributed by atoms with Crippen molar-refractivity contribution in [3.05, 3.63) is 77.4 Å². The number of hydrogen-bond donors (Lipinski definition) is 4. The van der Waals surface area contributed by atoms with Gasteiger partial charge >= 0.3 is 11.8 Å². The molecular weight excluding hydrogens is 612 g/mol. The highest BCUT2D eigenvalue weighted by Gasteiger charge is 2.57. The number of carbonyl (C=O) groups is 2. The molecule has 8 N–H and O–H groups in total. The minimum absolute atomic E-state index is 0.00650. The molecule has 0 atom stereocenters. The third-order valence-electron chi connectivity index (χ3n) is 7.23. The van der Waals surface area contributed by atoms with E-state index in [1.807, 2.05) is 30.3 Å². The topological polar surface area (TPSA) is 192 Å². The molecule has 46 heavy (non-hydrogen) atoms. The standard InChI is InChI=1S/C30H30F4N8O4/c31-29(32,15-41-22-8-7-18(25(35)43)11-20(22)39-27(41)37)30(33,34)16-42-24-21(40-28(42)38)12-19(26(36)44)13-23(24)46-10-4-9-45-14-17-5-2-1-3-6-17/h1-3,5-8,11-13H,4,9-10,14-16H2,(H2,35,43)(H2,36,44)(H2,37,39)(H2,38,40). The monoisotopic (exact) mass is 642 g/mol. The lowest BCUT2D eigenvalue weighted by atomic mass is 10.1. The summed E-state index contributed by atoms with van der Waals surface area (Å²) in [4.78, 5) is 31.3. The zero-order valence-electron chi connectivity index (χ0n) is 24.3. The van der Waals surface area contributed by atoms with Crippen LogP contribution in [-0.4, -0.2) is 56.0 Å². The quantitative estimate of drug-likeness (QED) is 0.104. The number of imidazole rings is 2. The van der Waals surface area contributed by atoms with Crippen LogP contribution in [0.15, 0.2) is 60.7 Å². The number of carbonyl (C=O) groups excluding carboxylic acids is 2. The predicted octanol–water partition coefficient (Wildman–Crippen LogP) is 3.70. The van der Waals surface area contributed by atoms with Crippen LogP contribution in [-0.2, 0) is 24.4 Å². The van der Waals surface area contributed by atoms with Crippen LogP contribution < -0.4 is 27.7 Å². The smallest absolute Gasteiger partial charge is 0.329 e. The Labute approximate surface area is 258 Å². The van der Waals surface area contributed by atoms with Crippen LogP contribution in [0.5, 0.6) is 5.75 Å². The third kappa shape index (κ3) is 6.51. The van der Waals surface area contributed by atoms with E-state index in [4.69, 9.17) is 32.4 Å². The fourth-order valence-electron chi connectivity index (χ4n) is 4.86. The van der Waals surface area contributed by atoms with E-state index < -0.39 is 48.6 Å². The average molecular weight is 643 g/mol. The van der Waals surface area contributed by atoms with E-state index in [-0.39, 0.29) is 52.2 Å². The fraction of sp³-hybridized carbons (Fsp3) is 0.267. The number of aromatic nitrogens is 4. The third-order valence-corrected chi connectivity index (χ3v) is 7.23. The minimum atomic E-state index is -4.71. The fourth-order valence-corrected chi connectivity index (χ4v) is 4.86. The van der Waals surface area contributed by atoms with Crippen molar-refractivity contribution in [1.29, 1.82) is 0 Å². The molecule has 0 aliphatic carbocycles. The first-order valence-corrected chi connectivity index (χ1v) is 13.9. The molecule has 5 aromatic rings. The van der Waals surface area contributed by atoms with E-state index in [0.717, 1.165) is 10.1 Å². The highest BCUT2D eigenvalue weighted by Crippen LogP contribution is 2.41. The predicted molar refractivity (Wildman–Crippen MR) is 161 cm³/mol. The number of rotatable bonds is 14. The summed E-state index contributed by atoms with van der Waals surface area (Å²) in [6.07, 6.45) is 0.369. The van der Waals surface area contributed by atoms with Crippen LogP contribution in [0, 0.1) is 0 Å². The van der Waals surface area contributed by atoms with Crippen molar-refractivity contribution in [3.63, 3.8) is 0 Å². The van der Waals surface area contributed by atoms with Crippen LogP contribution in [0.1, 0.15) is 32.7 Å². The summed E-state index contributed by atoms with van der Waals surface area (Å²) in [5.41, 5.74) is 23.2. The van der Waals surface area contributed by atoms with Gasteiger partial charge in [-0.3, -0.25) is 9.59 Å². The van der Waals surface area contributed by atoms with Crippen LogP contribution in [0.3, 0.4) is 0 Å². The molecule has 0 spiro atoms. The summed E-state index contributed by atoms with van der Waals surface area (Å²) < 4.78 is 74.7. The Morgan fingerprint density at radius 3 is 2.04 bits per heavy atom. The molecule has 2 heterocycles. The van der Waals surface area contributed by atoms with Crippen molar-refractivity contribution < 1.29 is 36.6 Å². The highest BCUT2D eigenvalue weighted by molar-refractivity contribution is 5.99. The molecule has 0 bridgehead atoms. The van der Waals surface area contributed by atoms with Crippen molar-refractivity contribution in [2.45, 2.75) is 38.0 Å². The summed E-state index contributed by atoms with van der Waals surface area (Å²) >= 11 is 0. The minimum Gasteiger partial charge on any atom is -0.491 e. The van der Waals surface area contributed by atoms with Crippen molar-refractivity contribution in [1.82, 2.24) is 19.1 Å². The number of benzene rings is 3. The number of nitrogen functional groups attached to an aromatic ring is 2. The zero-order valence-corrected chi connectivity index (χ0v) is 24.3. The molecular formula is C30H30F4N8O4. The van der Waals surface area contributed by atoms with Gasteiger partial charge in [-0.05, 0) is 35.9 Å². The lowest BCUT2D eigenvalue weighted by Gasteiger charge is -2.28. The van der Waals surface area contributed by atoms with Crippen molar-refractivity contribution >= 4 is 45.8 Å². The number of primary amides is 2. The summed E-state index contributed by atoms with van der Waals surface area (Å²) in [6.45, 7) is -2.48. The Balaban J connectivity index is 1.37. The van der Waals surface area contributed by atoms with Crippen LogP contribution in [0.2, 0.25) is 0 Å². The first-order valence-electron chi connectivity index (χ1n) is 13.9. The summed E-state index contributed by atoms with van der Waals surface area (Å²) in [6, 6.07) is 15.6. The molecule has 3 aromatic carbocycles. The lowest BCUT2D eigenvalue weighted by molar-refractivity contribution is -0.220. The van der Waals surface area contributed by atoms with Gasteiger partial charge < -0.3 is 41.5 Å². The number of nitrogens with zero attached hydrogens (tertiary/aromatic N) is 4. The van der Waals surface area contributed by atoms with E-state index in [9.17, 15) is 9.59 Å². The van der Waals surface area contributed by atoms with E-state index in [0.29, 0.717) is 17.6 Å². The van der Waals surface area contributed by atoms with Crippen LogP contribution >= 0.6 is 0 Å². The normalized spacial score (nSPS) is 12.2. The van der Waals surface area contributed by atoms with Gasteiger partial charge in [0.25, 0.3) is 0 Å². The largest absolute Gasteiger partial charge is 0.491 e. The van der Waals surface area contributed by atoms with Crippen LogP contribution in [0.25, 0.3) is 22.1 Å². The molecule has 0 saturated carbocycles. The van der Waals surface area contributed by atoms with Crippen LogP contribution in [0.4, 0.5) is 29.5 Å². The molecule has 0 aliphatic heterocycles. The van der Waals surface area contributed by atoms with Gasteiger partial charge in [0, 0.05) is 17.5 Å². The molecule has 0 saturated heterocycles. The maximum Gasteiger partial charge on any atom is 0.329 e. The molecule has 12 nitrogen and oxygen atoms in total. The van der Waals surface area contributed by atoms with E-state index in [1.165, 1.54) is 30.3 Å². The molecule has 5 rings (SSSR count). The average Bonchev–Trinajstić information content (AvgIpc) is 3.48. The highest BCUT2D eigenvalue weighted by atomic mass is 19.3. The first-order chi connectivity index (χ1) is 21.8. The Kier molecular flexibility index (Phi) is 8.74. The Morgan fingerprint density at radius 2 is 1.37 bits per heavy atom. The van der Waals surface area contributed by atoms with E-state index in [2.05, 4.69) is 9.97 Å². The SMILES string of the molecule is NC(=O)c1ccc2c(c1)nc(N)n2CC(F)(F)C(F)(F)Cn1c(N)nc2cc(C(N)=O)cc(OCCCOCc3ccccc3)c21. The summed E-state index contributed by atoms with van der Waals surface area (Å²) in [5.74, 6) is -12.1. The Morgan fingerprint density at radius 1 is 0.761 bits per heavy atom. The van der Waals surface area contributed by atoms with Gasteiger partial charge in [0.2, 0.25) is 23.7 Å². The Bertz CT molecular complexity index is 1910. The summed E-state index contributed by atoms with van der Waals surface area (Å²) in [5, 5.41) is 0. The number of nitrogens with two attached hydrogens (primary N) is 4. The van der Waals surface area contributed by atoms with Crippen molar-refractivity contribution in [3.8, 4) is 5.75 Å². The first kappa shape index (κ1) is 32.0.